The molecule has 0 unspecified atom stereocenters. The molecular weight excluding hydrogens is 336 g/mol. The molecule has 0 aromatic carbocycles. The van der Waals surface area contributed by atoms with E-state index in [1.165, 1.54) is 0 Å². The van der Waals surface area contributed by atoms with E-state index in [1.807, 2.05) is 26.0 Å². The fourth-order valence-electron chi connectivity index (χ4n) is 2.73. The van der Waals surface area contributed by atoms with E-state index in [1.54, 1.807) is 24.3 Å². The van der Waals surface area contributed by atoms with Crippen molar-refractivity contribution in [3.05, 3.63) is 70.3 Å². The van der Waals surface area contributed by atoms with Gasteiger partial charge >= 0.3 is 0 Å². The first-order valence-electron chi connectivity index (χ1n) is 8.48. The van der Waals surface area contributed by atoms with Gasteiger partial charge in [-0.1, -0.05) is 47.6 Å². The van der Waals surface area contributed by atoms with E-state index >= 15 is 0 Å². The topological polar surface area (TPSA) is 121 Å². The van der Waals surface area contributed by atoms with Crippen LogP contribution in [0.25, 0.3) is 0 Å². The molecule has 2 rings (SSSR count). The number of hydrogen-bond acceptors (Lipinski definition) is 6. The van der Waals surface area contributed by atoms with E-state index in [-0.39, 0.29) is 0 Å². The second kappa shape index (κ2) is 8.51. The maximum Gasteiger partial charge on any atom is 0.139 e. The molecule has 0 saturated carbocycles. The third kappa shape index (κ3) is 4.53. The molecule has 0 radical (unpaired) electrons. The first kappa shape index (κ1) is 20.2. The van der Waals surface area contributed by atoms with Crippen molar-refractivity contribution in [2.24, 2.45) is 0 Å². The van der Waals surface area contributed by atoms with Gasteiger partial charge in [-0.25, -0.2) is 0 Å². The molecule has 4 atom stereocenters. The summed E-state index contributed by atoms with van der Waals surface area (Å²) in [5, 5.41) is 60.9. The van der Waals surface area contributed by atoms with E-state index < -0.39 is 35.9 Å². The quantitative estimate of drug-likeness (QED) is 0.415. The summed E-state index contributed by atoms with van der Waals surface area (Å²) in [7, 11) is 0. The number of allylic oxidation sites excluding steroid dienone is 10. The summed E-state index contributed by atoms with van der Waals surface area (Å²) in [6.45, 7) is 3.78. The van der Waals surface area contributed by atoms with Crippen LogP contribution < -0.4 is 0 Å². The Balaban J connectivity index is 2.12. The Morgan fingerprint density at radius 1 is 0.692 bits per heavy atom. The number of rotatable bonds is 5. The fourth-order valence-corrected chi connectivity index (χ4v) is 2.73. The number of hydrogen-bond donors (Lipinski definition) is 6. The monoisotopic (exact) mass is 362 g/mol. The predicted octanol–water partition coefficient (Wildman–Crippen LogP) is 1.87. The lowest BCUT2D eigenvalue weighted by Gasteiger charge is -2.27. The van der Waals surface area contributed by atoms with Crippen molar-refractivity contribution in [1.29, 1.82) is 0 Å². The molecule has 6 N–H and O–H groups in total. The molecule has 0 bridgehead atoms. The molecule has 0 heterocycles. The van der Waals surface area contributed by atoms with Crippen LogP contribution in [0.2, 0.25) is 0 Å². The van der Waals surface area contributed by atoms with Crippen LogP contribution >= 0.6 is 0 Å². The fraction of sp³-hybridized carbons (Fsp3) is 0.400. The Hall–Kier alpha value is -2.12. The van der Waals surface area contributed by atoms with Crippen LogP contribution in [0.4, 0.5) is 0 Å². The molecule has 6 nitrogen and oxygen atoms in total. The Morgan fingerprint density at radius 3 is 1.31 bits per heavy atom. The van der Waals surface area contributed by atoms with E-state index in [2.05, 4.69) is 0 Å². The van der Waals surface area contributed by atoms with Crippen LogP contribution in [-0.4, -0.2) is 55.1 Å². The van der Waals surface area contributed by atoms with Gasteiger partial charge in [0.1, 0.15) is 35.9 Å². The molecule has 0 aromatic heterocycles. The standard InChI is InChI=1S/C20H26O6/c1-11-3-7-13(8-4-11)15(21)17(23)19(25)20(26)18(24)16(22)14-9-5-12(2)6-10-14/h3-7,9,17-26H,8,10H2,1-2H3/t17-,18+,19-,20-/m1/s1. The van der Waals surface area contributed by atoms with Crippen molar-refractivity contribution in [3.8, 4) is 0 Å². The van der Waals surface area contributed by atoms with Gasteiger partial charge in [0, 0.05) is 0 Å². The van der Waals surface area contributed by atoms with Gasteiger partial charge in [0.15, 0.2) is 0 Å². The van der Waals surface area contributed by atoms with Gasteiger partial charge in [0.05, 0.1) is 0 Å². The summed E-state index contributed by atoms with van der Waals surface area (Å²) < 4.78 is 0. The van der Waals surface area contributed by atoms with E-state index in [0.717, 1.165) is 11.1 Å². The van der Waals surface area contributed by atoms with Gasteiger partial charge in [0.2, 0.25) is 0 Å². The minimum absolute atomic E-state index is 0.377. The first-order chi connectivity index (χ1) is 12.2. The second-order valence-electron chi connectivity index (χ2n) is 6.66. The van der Waals surface area contributed by atoms with Crippen LogP contribution in [0.5, 0.6) is 0 Å². The van der Waals surface area contributed by atoms with E-state index in [0.29, 0.717) is 24.0 Å². The highest BCUT2D eigenvalue weighted by molar-refractivity contribution is 5.38. The summed E-state index contributed by atoms with van der Waals surface area (Å²) in [5.74, 6) is -0.959. The molecule has 0 saturated heterocycles. The average molecular weight is 362 g/mol. The van der Waals surface area contributed by atoms with Crippen molar-refractivity contribution in [2.75, 3.05) is 0 Å². The highest BCUT2D eigenvalue weighted by Crippen LogP contribution is 2.25. The van der Waals surface area contributed by atoms with Crippen molar-refractivity contribution in [3.63, 3.8) is 0 Å². The average Bonchev–Trinajstić information content (AvgIpc) is 2.65. The predicted molar refractivity (Wildman–Crippen MR) is 98.4 cm³/mol. The van der Waals surface area contributed by atoms with E-state index in [4.69, 9.17) is 0 Å². The van der Waals surface area contributed by atoms with Crippen molar-refractivity contribution >= 4 is 0 Å². The van der Waals surface area contributed by atoms with Gasteiger partial charge in [-0.05, 0) is 37.8 Å². The molecule has 0 aromatic rings. The molecule has 142 valence electrons. The molecule has 0 amide bonds. The highest BCUT2D eigenvalue weighted by Gasteiger charge is 2.35. The lowest BCUT2D eigenvalue weighted by atomic mass is 9.93. The molecule has 0 aliphatic heterocycles. The molecule has 0 spiro atoms. The van der Waals surface area contributed by atoms with Crippen LogP contribution in [0.3, 0.4) is 0 Å². The number of aliphatic hydroxyl groups is 6. The zero-order valence-electron chi connectivity index (χ0n) is 14.9. The van der Waals surface area contributed by atoms with Gasteiger partial charge in [-0.3, -0.25) is 0 Å². The Bertz CT molecular complexity index is 661. The summed E-state index contributed by atoms with van der Waals surface area (Å²) >= 11 is 0. The summed E-state index contributed by atoms with van der Waals surface area (Å²) in [6, 6.07) is 0. The zero-order chi connectivity index (χ0) is 19.4. The van der Waals surface area contributed by atoms with Crippen LogP contribution in [0, 0.1) is 0 Å². The minimum Gasteiger partial charge on any atom is -0.509 e. The Kier molecular flexibility index (Phi) is 6.61. The first-order valence-corrected chi connectivity index (χ1v) is 8.48. The molecule has 2 aliphatic rings. The zero-order valence-corrected chi connectivity index (χ0v) is 14.9. The third-order valence-corrected chi connectivity index (χ3v) is 4.60. The van der Waals surface area contributed by atoms with Crippen molar-refractivity contribution in [1.82, 2.24) is 0 Å². The lowest BCUT2D eigenvalue weighted by molar-refractivity contribution is -0.101. The summed E-state index contributed by atoms with van der Waals surface area (Å²) in [4.78, 5) is 0. The largest absolute Gasteiger partial charge is 0.509 e. The lowest BCUT2D eigenvalue weighted by Crippen LogP contribution is -2.46. The second-order valence-corrected chi connectivity index (χ2v) is 6.66. The summed E-state index contributed by atoms with van der Waals surface area (Å²) in [6.07, 6.45) is 3.81. The molecule has 2 aliphatic carbocycles. The van der Waals surface area contributed by atoms with Crippen molar-refractivity contribution < 1.29 is 30.6 Å². The molecular formula is C20H26O6. The maximum atomic E-state index is 10.1. The van der Waals surface area contributed by atoms with Crippen molar-refractivity contribution in [2.45, 2.75) is 51.1 Å². The number of aliphatic hydroxyl groups excluding tert-OH is 6. The molecule has 26 heavy (non-hydrogen) atoms. The Labute approximate surface area is 152 Å². The minimum atomic E-state index is -1.88. The van der Waals surface area contributed by atoms with Crippen LogP contribution in [-0.2, 0) is 0 Å². The van der Waals surface area contributed by atoms with Crippen LogP contribution in [0.1, 0.15) is 26.7 Å². The van der Waals surface area contributed by atoms with Gasteiger partial charge in [-0.2, -0.15) is 0 Å². The van der Waals surface area contributed by atoms with Gasteiger partial charge < -0.3 is 30.6 Å². The molecule has 0 fully saturated rings. The normalized spacial score (nSPS) is 25.8. The van der Waals surface area contributed by atoms with E-state index in [9.17, 15) is 30.6 Å². The SMILES string of the molecule is CC1=CCC(=C(O)[C@@H](O)[C@@H](O)[C@H](O)[C@@H](O)C(O)=C2C=CC(C)=CC2)C=C1. The van der Waals surface area contributed by atoms with Gasteiger partial charge in [0.25, 0.3) is 0 Å². The maximum absolute atomic E-state index is 10.1. The third-order valence-electron chi connectivity index (χ3n) is 4.60. The Morgan fingerprint density at radius 2 is 1.04 bits per heavy atom. The molecule has 6 heteroatoms. The summed E-state index contributed by atoms with van der Waals surface area (Å²) in [5.41, 5.74) is 2.83. The van der Waals surface area contributed by atoms with Crippen LogP contribution in [0.15, 0.2) is 70.3 Å². The van der Waals surface area contributed by atoms with Gasteiger partial charge in [-0.15, -0.1) is 0 Å². The smallest absolute Gasteiger partial charge is 0.139 e. The highest BCUT2D eigenvalue weighted by atomic mass is 16.4.